The minimum atomic E-state index is 0.187. The van der Waals surface area contributed by atoms with Gasteiger partial charge in [-0.15, -0.1) is 0 Å². The number of amides is 1. The van der Waals surface area contributed by atoms with E-state index in [0.29, 0.717) is 11.2 Å². The first-order valence-electron chi connectivity index (χ1n) is 8.26. The summed E-state index contributed by atoms with van der Waals surface area (Å²) >= 11 is 3.33. The molecular weight excluding hydrogens is 326 g/mol. The Hall–Kier alpha value is -0.830. The third kappa shape index (κ3) is 3.18. The van der Waals surface area contributed by atoms with Gasteiger partial charge in [0.15, 0.2) is 0 Å². The lowest BCUT2D eigenvalue weighted by molar-refractivity contribution is -0.116. The van der Waals surface area contributed by atoms with E-state index in [4.69, 9.17) is 0 Å². The summed E-state index contributed by atoms with van der Waals surface area (Å²) in [5.74, 6) is 1.65. The third-order valence-electron chi connectivity index (χ3n) is 5.16. The van der Waals surface area contributed by atoms with E-state index in [9.17, 15) is 4.79 Å². The molecule has 2 aliphatic rings. The number of nitrogens with zero attached hydrogens (tertiary/aromatic N) is 1. The van der Waals surface area contributed by atoms with Gasteiger partial charge in [0.05, 0.1) is 5.33 Å². The number of carbonyl (C=O) groups is 1. The maximum atomic E-state index is 12.2. The number of rotatable bonds is 2. The molecule has 0 radical (unpaired) electrons. The zero-order chi connectivity index (χ0) is 14.7. The Labute approximate surface area is 136 Å². The number of fused-ring (bicyclic) bond motifs is 1. The lowest BCUT2D eigenvalue weighted by Gasteiger charge is -2.31. The van der Waals surface area contributed by atoms with Crippen molar-refractivity contribution in [2.24, 2.45) is 5.92 Å². The lowest BCUT2D eigenvalue weighted by atomic mass is 9.75. The minimum absolute atomic E-state index is 0.187. The smallest absolute Gasteiger partial charge is 0.237 e. The molecule has 1 aromatic carbocycles. The number of benzene rings is 1. The first-order valence-corrected chi connectivity index (χ1v) is 9.38. The van der Waals surface area contributed by atoms with Crippen LogP contribution in [0.25, 0.3) is 0 Å². The maximum absolute atomic E-state index is 12.2. The van der Waals surface area contributed by atoms with Crippen LogP contribution in [0.3, 0.4) is 0 Å². The molecule has 1 fully saturated rings. The molecule has 1 amide bonds. The molecule has 1 atom stereocenters. The Kier molecular flexibility index (Phi) is 4.99. The average Bonchev–Trinajstić information content (AvgIpc) is 2.74. The fourth-order valence-electron chi connectivity index (χ4n) is 4.15. The highest BCUT2D eigenvalue weighted by atomic mass is 79.9. The maximum Gasteiger partial charge on any atom is 0.237 e. The van der Waals surface area contributed by atoms with Gasteiger partial charge in [0.1, 0.15) is 0 Å². The topological polar surface area (TPSA) is 20.3 Å². The Morgan fingerprint density at radius 3 is 2.62 bits per heavy atom. The van der Waals surface area contributed by atoms with Crippen molar-refractivity contribution < 1.29 is 4.79 Å². The Bertz CT molecular complexity index is 496. The molecule has 0 aromatic heterocycles. The van der Waals surface area contributed by atoms with Gasteiger partial charge in [-0.3, -0.25) is 4.79 Å². The summed E-state index contributed by atoms with van der Waals surface area (Å²) in [6.07, 6.45) is 9.25. The standard InChI is InChI=1S/C18H24BrNO/c19-13-18(21)20-12-6-10-15(14-7-2-1-3-8-14)16-9-4-5-11-17(16)20/h4-5,9,11,14-15H,1-3,6-8,10,12-13H2. The Morgan fingerprint density at radius 1 is 1.10 bits per heavy atom. The van der Waals surface area contributed by atoms with Gasteiger partial charge in [0, 0.05) is 12.2 Å². The van der Waals surface area contributed by atoms with E-state index in [1.807, 2.05) is 4.90 Å². The lowest BCUT2D eigenvalue weighted by Crippen LogP contribution is -2.32. The number of carbonyl (C=O) groups excluding carboxylic acids is 1. The van der Waals surface area contributed by atoms with Crippen molar-refractivity contribution in [1.82, 2.24) is 0 Å². The van der Waals surface area contributed by atoms with Gasteiger partial charge in [-0.2, -0.15) is 0 Å². The largest absolute Gasteiger partial charge is 0.311 e. The first-order chi connectivity index (χ1) is 10.3. The van der Waals surface area contributed by atoms with Crippen LogP contribution >= 0.6 is 15.9 Å². The molecule has 1 unspecified atom stereocenters. The monoisotopic (exact) mass is 349 g/mol. The van der Waals surface area contributed by atoms with E-state index in [1.54, 1.807) is 0 Å². The molecule has 0 N–H and O–H groups in total. The van der Waals surface area contributed by atoms with Crippen LogP contribution in [0.1, 0.15) is 56.4 Å². The normalized spacial score (nSPS) is 23.5. The molecule has 0 saturated heterocycles. The molecule has 3 rings (SSSR count). The number of halogens is 1. The summed E-state index contributed by atoms with van der Waals surface area (Å²) in [7, 11) is 0. The van der Waals surface area contributed by atoms with Gasteiger partial charge in [-0.25, -0.2) is 0 Å². The predicted molar refractivity (Wildman–Crippen MR) is 91.1 cm³/mol. The molecule has 0 bridgehead atoms. The number of hydrogen-bond acceptors (Lipinski definition) is 1. The highest BCUT2D eigenvalue weighted by molar-refractivity contribution is 9.09. The van der Waals surface area contributed by atoms with Gasteiger partial charge in [0.25, 0.3) is 0 Å². The third-order valence-corrected chi connectivity index (χ3v) is 5.64. The predicted octanol–water partition coefficient (Wildman–Crippen LogP) is 4.87. The van der Waals surface area contributed by atoms with E-state index < -0.39 is 0 Å². The van der Waals surface area contributed by atoms with Crippen molar-refractivity contribution in [3.8, 4) is 0 Å². The second-order valence-electron chi connectivity index (χ2n) is 6.38. The van der Waals surface area contributed by atoms with E-state index in [1.165, 1.54) is 44.1 Å². The van der Waals surface area contributed by atoms with Crippen LogP contribution in [0.5, 0.6) is 0 Å². The molecule has 1 aromatic rings. The molecule has 2 nitrogen and oxygen atoms in total. The SMILES string of the molecule is O=C(CBr)N1CCCC(C2CCCCC2)c2ccccc21. The molecule has 1 saturated carbocycles. The van der Waals surface area contributed by atoms with Crippen molar-refractivity contribution in [1.29, 1.82) is 0 Å². The minimum Gasteiger partial charge on any atom is -0.311 e. The van der Waals surface area contributed by atoms with E-state index in [2.05, 4.69) is 40.2 Å². The second kappa shape index (κ2) is 6.95. The van der Waals surface area contributed by atoms with E-state index >= 15 is 0 Å². The summed E-state index contributed by atoms with van der Waals surface area (Å²) in [5.41, 5.74) is 2.58. The molecule has 1 heterocycles. The van der Waals surface area contributed by atoms with Gasteiger partial charge in [0.2, 0.25) is 5.91 Å². The molecule has 1 aliphatic carbocycles. The van der Waals surface area contributed by atoms with Gasteiger partial charge in [-0.05, 0) is 49.1 Å². The molecule has 0 spiro atoms. The van der Waals surface area contributed by atoms with Crippen LogP contribution in [-0.4, -0.2) is 17.8 Å². The summed E-state index contributed by atoms with van der Waals surface area (Å²) in [5, 5.41) is 0.412. The van der Waals surface area contributed by atoms with Gasteiger partial charge < -0.3 is 4.90 Å². The quantitative estimate of drug-likeness (QED) is 0.697. The zero-order valence-electron chi connectivity index (χ0n) is 12.6. The van der Waals surface area contributed by atoms with Gasteiger partial charge in [-0.1, -0.05) is 53.4 Å². The number of anilines is 1. The number of hydrogen-bond donors (Lipinski definition) is 0. The summed E-state index contributed by atoms with van der Waals surface area (Å²) in [6, 6.07) is 8.60. The zero-order valence-corrected chi connectivity index (χ0v) is 14.1. The van der Waals surface area contributed by atoms with Crippen molar-refractivity contribution in [2.75, 3.05) is 16.8 Å². The van der Waals surface area contributed by atoms with Gasteiger partial charge >= 0.3 is 0 Å². The molecule has 114 valence electrons. The van der Waals surface area contributed by atoms with Crippen LogP contribution in [0, 0.1) is 5.92 Å². The summed E-state index contributed by atoms with van der Waals surface area (Å²) < 4.78 is 0. The average molecular weight is 350 g/mol. The summed E-state index contributed by atoms with van der Waals surface area (Å²) in [4.78, 5) is 14.2. The van der Waals surface area contributed by atoms with Crippen LogP contribution in [0.4, 0.5) is 5.69 Å². The van der Waals surface area contributed by atoms with Crippen LogP contribution in [0.15, 0.2) is 24.3 Å². The first kappa shape index (κ1) is 15.1. The van der Waals surface area contributed by atoms with E-state index in [0.717, 1.165) is 24.6 Å². The fourth-order valence-corrected chi connectivity index (χ4v) is 4.45. The van der Waals surface area contributed by atoms with Crippen molar-refractivity contribution >= 4 is 27.5 Å². The number of para-hydroxylation sites is 1. The Balaban J connectivity index is 1.94. The van der Waals surface area contributed by atoms with Crippen molar-refractivity contribution in [2.45, 2.75) is 50.9 Å². The Morgan fingerprint density at radius 2 is 1.86 bits per heavy atom. The summed E-state index contributed by atoms with van der Waals surface area (Å²) in [6.45, 7) is 0.866. The highest BCUT2D eigenvalue weighted by Crippen LogP contribution is 2.43. The van der Waals surface area contributed by atoms with E-state index in [-0.39, 0.29) is 5.91 Å². The van der Waals surface area contributed by atoms with Crippen LogP contribution < -0.4 is 4.90 Å². The second-order valence-corrected chi connectivity index (χ2v) is 6.95. The van der Waals surface area contributed by atoms with Crippen LogP contribution in [0.2, 0.25) is 0 Å². The molecule has 3 heteroatoms. The molecule has 21 heavy (non-hydrogen) atoms. The fraction of sp³-hybridized carbons (Fsp3) is 0.611. The highest BCUT2D eigenvalue weighted by Gasteiger charge is 2.31. The number of alkyl halides is 1. The molecule has 1 aliphatic heterocycles. The van der Waals surface area contributed by atoms with Crippen molar-refractivity contribution in [3.05, 3.63) is 29.8 Å². The molecular formula is C18H24BrNO. The van der Waals surface area contributed by atoms with Crippen molar-refractivity contribution in [3.63, 3.8) is 0 Å². The van der Waals surface area contributed by atoms with Crippen LogP contribution in [-0.2, 0) is 4.79 Å².